The number of rotatable bonds is 14. The zero-order valence-electron chi connectivity index (χ0n) is 30.4. The third kappa shape index (κ3) is 11.0. The van der Waals surface area contributed by atoms with E-state index in [-0.39, 0.29) is 41.6 Å². The molecule has 0 heterocycles. The molecule has 1 radical (unpaired) electrons. The summed E-state index contributed by atoms with van der Waals surface area (Å²) in [5.41, 5.74) is 4.74. The van der Waals surface area contributed by atoms with Gasteiger partial charge in [0, 0.05) is 37.5 Å². The average Bonchev–Trinajstić information content (AvgIpc) is 3.08. The van der Waals surface area contributed by atoms with Crippen LogP contribution < -0.4 is 5.32 Å². The molecule has 0 saturated heterocycles. The van der Waals surface area contributed by atoms with Crippen molar-refractivity contribution in [1.29, 1.82) is 0 Å². The maximum atomic E-state index is 14.3. The number of esters is 1. The van der Waals surface area contributed by atoms with E-state index < -0.39 is 22.0 Å². The minimum Gasteiger partial charge on any atom is -0.467 e. The van der Waals surface area contributed by atoms with Crippen LogP contribution in [0.2, 0.25) is 0 Å². The van der Waals surface area contributed by atoms with E-state index in [1.807, 2.05) is 61.7 Å². The first-order chi connectivity index (χ1) is 22.8. The quantitative estimate of drug-likeness (QED) is 0.137. The molecule has 10 heteroatoms. The zero-order valence-corrected chi connectivity index (χ0v) is 32.0. The van der Waals surface area contributed by atoms with Crippen molar-refractivity contribution in [2.24, 2.45) is 5.92 Å². The van der Waals surface area contributed by atoms with Gasteiger partial charge in [-0.05, 0) is 95.2 Å². The van der Waals surface area contributed by atoms with Crippen molar-refractivity contribution < 1.29 is 22.7 Å². The summed E-state index contributed by atoms with van der Waals surface area (Å²) in [5.74, 6) is 0.341. The molecule has 0 unspecified atom stereocenters. The molecular formula is C39H52LiN2O5S2. The molecule has 3 aromatic rings. The van der Waals surface area contributed by atoms with Crippen LogP contribution in [-0.4, -0.2) is 75.2 Å². The molecule has 0 aromatic heterocycles. The Balaban J connectivity index is 0.00000650. The number of sulfonamides is 1. The number of hydrogen-bond acceptors (Lipinski definition) is 6. The second kappa shape index (κ2) is 18.6. The van der Waals surface area contributed by atoms with Crippen molar-refractivity contribution in [1.82, 2.24) is 9.62 Å². The molecule has 1 aliphatic rings. The third-order valence-electron chi connectivity index (χ3n) is 9.39. The van der Waals surface area contributed by atoms with Crippen molar-refractivity contribution in [2.75, 3.05) is 25.7 Å². The Hall–Kier alpha value is -2.54. The average molecular weight is 700 g/mol. The number of ether oxygens (including phenoxy) is 1. The molecule has 7 nitrogen and oxygen atoms in total. The molecule has 261 valence electrons. The fourth-order valence-electron chi connectivity index (χ4n) is 6.41. The van der Waals surface area contributed by atoms with E-state index in [2.05, 4.69) is 26.1 Å². The topological polar surface area (TPSA) is 92.8 Å². The zero-order chi connectivity index (χ0) is 34.9. The van der Waals surface area contributed by atoms with Crippen molar-refractivity contribution in [2.45, 2.75) is 95.5 Å². The number of aryl methyl sites for hydroxylation is 1. The second-order valence-electron chi connectivity index (χ2n) is 13.9. The van der Waals surface area contributed by atoms with Gasteiger partial charge in [0.15, 0.2) is 0 Å². The number of carbonyl (C=O) groups excluding carboxylic acids is 2. The first-order valence-electron chi connectivity index (χ1n) is 17.0. The van der Waals surface area contributed by atoms with E-state index in [9.17, 15) is 18.0 Å². The largest absolute Gasteiger partial charge is 0.467 e. The van der Waals surface area contributed by atoms with E-state index in [0.717, 1.165) is 41.5 Å². The van der Waals surface area contributed by atoms with E-state index in [1.54, 1.807) is 34.3 Å². The van der Waals surface area contributed by atoms with E-state index in [0.29, 0.717) is 35.8 Å². The van der Waals surface area contributed by atoms with Crippen molar-refractivity contribution >= 4 is 52.5 Å². The van der Waals surface area contributed by atoms with Crippen LogP contribution in [0.5, 0.6) is 0 Å². The number of thioether (sulfide) groups is 1. The number of hydrogen-bond donors (Lipinski definition) is 1. The number of nitrogens with one attached hydrogen (secondary N) is 1. The summed E-state index contributed by atoms with van der Waals surface area (Å²) >= 11 is 1.59. The van der Waals surface area contributed by atoms with Crippen molar-refractivity contribution in [3.63, 3.8) is 0 Å². The van der Waals surface area contributed by atoms with Crippen molar-refractivity contribution in [3.05, 3.63) is 89.0 Å². The van der Waals surface area contributed by atoms with Crippen LogP contribution in [0.3, 0.4) is 0 Å². The number of nitrogens with zero attached hydrogens (tertiary/aromatic N) is 1. The summed E-state index contributed by atoms with van der Waals surface area (Å²) in [4.78, 5) is 26.6. The molecule has 1 amide bonds. The third-order valence-corrected chi connectivity index (χ3v) is 11.9. The molecule has 0 aliphatic heterocycles. The van der Waals surface area contributed by atoms with Gasteiger partial charge in [0.1, 0.15) is 6.04 Å². The van der Waals surface area contributed by atoms with Crippen LogP contribution in [0.15, 0.2) is 71.6 Å². The fourth-order valence-corrected chi connectivity index (χ4v) is 8.33. The van der Waals surface area contributed by atoms with Gasteiger partial charge >= 0.3 is 5.97 Å². The molecule has 49 heavy (non-hydrogen) atoms. The Morgan fingerprint density at radius 2 is 1.65 bits per heavy atom. The van der Waals surface area contributed by atoms with E-state index in [1.165, 1.54) is 26.4 Å². The van der Waals surface area contributed by atoms with Crippen LogP contribution in [0.4, 0.5) is 0 Å². The Morgan fingerprint density at radius 3 is 2.27 bits per heavy atom. The van der Waals surface area contributed by atoms with Gasteiger partial charge in [-0.1, -0.05) is 95.3 Å². The van der Waals surface area contributed by atoms with Gasteiger partial charge in [-0.2, -0.15) is 16.1 Å². The van der Waals surface area contributed by atoms with Gasteiger partial charge in [-0.25, -0.2) is 13.2 Å². The maximum Gasteiger partial charge on any atom is 0.328 e. The number of benzene rings is 3. The Kier molecular flexibility index (Phi) is 15.5. The monoisotopic (exact) mass is 699 g/mol. The fraction of sp³-hybridized carbons (Fsp3) is 0.487. The molecule has 1 atom stereocenters. The molecule has 1 saturated carbocycles. The number of carbonyl (C=O) groups is 2. The molecular weight excluding hydrogens is 648 g/mol. The van der Waals surface area contributed by atoms with E-state index in [4.69, 9.17) is 4.74 Å². The number of amides is 1. The molecule has 0 spiro atoms. The minimum atomic E-state index is -3.81. The normalized spacial score (nSPS) is 14.6. The van der Waals surface area contributed by atoms with Gasteiger partial charge in [0.25, 0.3) is 5.91 Å². The Bertz CT molecular complexity index is 1650. The Labute approximate surface area is 310 Å². The Morgan fingerprint density at radius 1 is 0.980 bits per heavy atom. The smallest absolute Gasteiger partial charge is 0.328 e. The van der Waals surface area contributed by atoms with Crippen LogP contribution in [-0.2, 0) is 31.5 Å². The summed E-state index contributed by atoms with van der Waals surface area (Å²) in [6.07, 6.45) is 9.13. The summed E-state index contributed by atoms with van der Waals surface area (Å²) in [5, 5.41) is 2.89. The van der Waals surface area contributed by atoms with Gasteiger partial charge in [0.05, 0.1) is 12.0 Å². The predicted molar refractivity (Wildman–Crippen MR) is 203 cm³/mol. The standard InChI is InChI=1S/C39H52N2O5S2.Li/c1-28-12-10-11-15-33(28)35-26-30(16-21-34(35)37(42)40-36(23-25-47-6)38(43)46-5)27-41(24-22-29-13-8-7-9-14-29)48(44,45)32-19-17-31(18-20-32)39(2,3)4;/h10-12,15-21,26,29,36H,7-9,13-14,22-25,27H2,1-6H3,(H,40,42);/t36-;/m0./s1. The van der Waals surface area contributed by atoms with Gasteiger partial charge in [0.2, 0.25) is 10.0 Å². The summed E-state index contributed by atoms with van der Waals surface area (Å²) < 4.78 is 35.1. The molecule has 0 bridgehead atoms. The van der Waals surface area contributed by atoms with Gasteiger partial charge < -0.3 is 10.1 Å². The molecule has 4 rings (SSSR count). The summed E-state index contributed by atoms with van der Waals surface area (Å²) in [6, 6.07) is 19.8. The molecule has 1 N–H and O–H groups in total. The van der Waals surface area contributed by atoms with Crippen LogP contribution in [0.25, 0.3) is 11.1 Å². The maximum absolute atomic E-state index is 14.3. The van der Waals surface area contributed by atoms with Crippen LogP contribution >= 0.6 is 11.8 Å². The predicted octanol–water partition coefficient (Wildman–Crippen LogP) is 7.76. The second-order valence-corrected chi connectivity index (χ2v) is 16.9. The van der Waals surface area contributed by atoms with Gasteiger partial charge in [-0.3, -0.25) is 4.79 Å². The van der Waals surface area contributed by atoms with Gasteiger partial charge in [-0.15, -0.1) is 0 Å². The molecule has 1 fully saturated rings. The first kappa shape index (κ1) is 40.9. The van der Waals surface area contributed by atoms with Crippen LogP contribution in [0, 0.1) is 12.8 Å². The van der Waals surface area contributed by atoms with Crippen LogP contribution in [0.1, 0.15) is 92.8 Å². The van der Waals surface area contributed by atoms with E-state index >= 15 is 0 Å². The SMILES string of the molecule is COC(=O)[C@H](CCSC)NC(=O)c1ccc(CN(CCC2CCCCC2)S(=O)(=O)c2ccc(C(C)(C)C)cc2)cc1-c1ccccc1C.[Li]. The number of methoxy groups -OCH3 is 1. The molecule has 3 aromatic carbocycles. The van der Waals surface area contributed by atoms with Crippen molar-refractivity contribution in [3.8, 4) is 11.1 Å². The summed E-state index contributed by atoms with van der Waals surface area (Å²) in [6.45, 7) is 8.93. The minimum absolute atomic E-state index is 0. The first-order valence-corrected chi connectivity index (χ1v) is 19.9. The summed E-state index contributed by atoms with van der Waals surface area (Å²) in [7, 11) is -2.49. The molecule has 1 aliphatic carbocycles.